The van der Waals surface area contributed by atoms with Crippen molar-refractivity contribution in [3.05, 3.63) is 71.8 Å². The molecule has 0 aliphatic heterocycles. The summed E-state index contributed by atoms with van der Waals surface area (Å²) in [6.07, 6.45) is 5.72. The van der Waals surface area contributed by atoms with Crippen LogP contribution in [0.25, 0.3) is 0 Å². The van der Waals surface area contributed by atoms with Crippen molar-refractivity contribution in [2.45, 2.75) is 118 Å². The molecule has 2 aromatic rings. The normalized spacial score (nSPS) is 41.7. The summed E-state index contributed by atoms with van der Waals surface area (Å²) in [6, 6.07) is 14.0. The second-order valence-corrected chi connectivity index (χ2v) is 19.0. The minimum atomic E-state index is -0.427. The number of aliphatic hydroxyl groups excluding tert-OH is 1. The highest BCUT2D eigenvalue weighted by Crippen LogP contribution is 2.78. The molecule has 2 N–H and O–H groups in total. The topological polar surface area (TPSA) is 102 Å². The van der Waals surface area contributed by atoms with Crippen molar-refractivity contribution in [2.75, 3.05) is 7.11 Å². The van der Waals surface area contributed by atoms with Crippen molar-refractivity contribution in [3.63, 3.8) is 0 Å². The zero-order valence-electron chi connectivity index (χ0n) is 32.5. The quantitative estimate of drug-likeness (QED) is 0.227. The molecule has 7 nitrogen and oxygen atoms in total. The number of esters is 2. The number of benzene rings is 2. The number of methoxy groups -OCH3 is 1. The van der Waals surface area contributed by atoms with E-state index in [0.717, 1.165) is 38.5 Å². The first-order chi connectivity index (χ1) is 24.4. The molecule has 12 atom stereocenters. The van der Waals surface area contributed by atoms with Gasteiger partial charge in [0.2, 0.25) is 0 Å². The van der Waals surface area contributed by atoms with Gasteiger partial charge >= 0.3 is 11.9 Å². The van der Waals surface area contributed by atoms with E-state index in [1.807, 2.05) is 30.3 Å². The van der Waals surface area contributed by atoms with E-state index in [1.165, 1.54) is 18.7 Å². The number of ether oxygens (including phenoxy) is 3. The van der Waals surface area contributed by atoms with Crippen LogP contribution in [0.4, 0.5) is 0 Å². The van der Waals surface area contributed by atoms with Crippen LogP contribution >= 0.6 is 0 Å². The summed E-state index contributed by atoms with van der Waals surface area (Å²) in [7, 11) is 1.47. The summed E-state index contributed by atoms with van der Waals surface area (Å²) in [5.41, 5.74) is 0.664. The van der Waals surface area contributed by atoms with Crippen molar-refractivity contribution in [3.8, 4) is 11.5 Å². The number of hydrogen-bond donors (Lipinski definition) is 2. The summed E-state index contributed by atoms with van der Waals surface area (Å²) >= 11 is 0. The third kappa shape index (κ3) is 5.29. The second-order valence-electron chi connectivity index (χ2n) is 19.0. The van der Waals surface area contributed by atoms with Gasteiger partial charge in [0.25, 0.3) is 0 Å². The minimum absolute atomic E-state index is 0.0321. The highest BCUT2D eigenvalue weighted by Gasteiger charge is 2.76. The first kappa shape index (κ1) is 37.0. The summed E-state index contributed by atoms with van der Waals surface area (Å²) in [4.78, 5) is 28.4. The number of fused-ring (bicyclic) bond motifs is 7. The predicted octanol–water partition coefficient (Wildman–Crippen LogP) is 9.41. The molecule has 7 rings (SSSR count). The van der Waals surface area contributed by atoms with Crippen LogP contribution < -0.4 is 4.74 Å². The highest BCUT2D eigenvalue weighted by atomic mass is 16.6. The molecule has 52 heavy (non-hydrogen) atoms. The van der Waals surface area contributed by atoms with E-state index in [4.69, 9.17) is 14.2 Å². The first-order valence-electron chi connectivity index (χ1n) is 19.6. The molecular formula is C45H60O7. The summed E-state index contributed by atoms with van der Waals surface area (Å²) in [6.45, 7) is 20.7. The molecule has 0 bridgehead atoms. The van der Waals surface area contributed by atoms with Gasteiger partial charge in [0.05, 0.1) is 24.3 Å². The number of carbonyl (C=O) groups excluding carboxylic acids is 2. The molecule has 0 aromatic heterocycles. The number of aromatic hydroxyl groups is 1. The highest BCUT2D eigenvalue weighted by molar-refractivity contribution is 5.90. The van der Waals surface area contributed by atoms with Crippen LogP contribution in [0.15, 0.2) is 60.7 Å². The number of allylic oxidation sites excluding steroid dienone is 1. The molecule has 282 valence electrons. The van der Waals surface area contributed by atoms with Crippen LogP contribution in [0, 0.1) is 56.7 Å². The van der Waals surface area contributed by atoms with Crippen molar-refractivity contribution >= 4 is 11.9 Å². The summed E-state index contributed by atoms with van der Waals surface area (Å²) in [5.74, 6) is 0.368. The Morgan fingerprint density at radius 1 is 0.865 bits per heavy atom. The lowest BCUT2D eigenvalue weighted by atomic mass is 9.31. The molecule has 0 unspecified atom stereocenters. The van der Waals surface area contributed by atoms with Crippen LogP contribution in [-0.4, -0.2) is 47.6 Å². The van der Waals surface area contributed by atoms with E-state index in [2.05, 4.69) is 55.0 Å². The molecule has 0 amide bonds. The number of phenols is 1. The van der Waals surface area contributed by atoms with Crippen LogP contribution in [-0.2, 0) is 9.47 Å². The lowest BCUT2D eigenvalue weighted by Crippen LogP contribution is -2.73. The number of hydrogen-bond acceptors (Lipinski definition) is 7. The van der Waals surface area contributed by atoms with Crippen molar-refractivity contribution < 1.29 is 34.0 Å². The molecule has 0 spiro atoms. The Labute approximate surface area is 310 Å². The fourth-order valence-electron chi connectivity index (χ4n) is 13.7. The Hall–Kier alpha value is -3.32. The molecule has 0 radical (unpaired) electrons. The lowest BCUT2D eigenvalue weighted by molar-refractivity contribution is -0.298. The molecule has 5 aliphatic carbocycles. The number of phenolic OH excluding ortho intramolecular Hbond substituents is 1. The Balaban J connectivity index is 1.39. The minimum Gasteiger partial charge on any atom is -0.504 e. The monoisotopic (exact) mass is 712 g/mol. The number of rotatable bonds is 6. The fraction of sp³-hybridized carbons (Fsp3) is 0.644. The third-order valence-electron chi connectivity index (χ3n) is 16.3. The SMILES string of the molecule is C=C(C)[C@@H]1CC[C@]2(C)C[C@@H](OC(=O)c3ccccc3)[C@]3(C)[C@H](C[C@@H](OC(=O)c4ccc(O)c(OC)c4)[C@@H]4[C@@]5(C)CC[C@H](O)C(C)(C)[C@@H]5CC[C@]43C)[C@H]12. The molecule has 0 saturated heterocycles. The van der Waals surface area contributed by atoms with Crippen LogP contribution in [0.2, 0.25) is 0 Å². The largest absolute Gasteiger partial charge is 0.504 e. The van der Waals surface area contributed by atoms with Crippen LogP contribution in [0.3, 0.4) is 0 Å². The van der Waals surface area contributed by atoms with Gasteiger partial charge in [-0.3, -0.25) is 0 Å². The zero-order valence-corrected chi connectivity index (χ0v) is 32.5. The first-order valence-corrected chi connectivity index (χ1v) is 19.6. The molecule has 7 heteroatoms. The maximum atomic E-state index is 14.3. The van der Waals surface area contributed by atoms with E-state index in [-0.39, 0.29) is 63.0 Å². The van der Waals surface area contributed by atoms with Gasteiger partial charge in [-0.2, -0.15) is 0 Å². The maximum Gasteiger partial charge on any atom is 0.338 e. The van der Waals surface area contributed by atoms with E-state index in [1.54, 1.807) is 12.1 Å². The lowest BCUT2D eigenvalue weighted by Gasteiger charge is -2.74. The average Bonchev–Trinajstić information content (AvgIpc) is 3.45. The Morgan fingerprint density at radius 3 is 2.23 bits per heavy atom. The van der Waals surface area contributed by atoms with Gasteiger partial charge in [-0.15, -0.1) is 0 Å². The number of carbonyl (C=O) groups is 2. The molecule has 5 aliphatic rings. The molecule has 0 heterocycles. The van der Waals surface area contributed by atoms with Crippen molar-refractivity contribution in [2.24, 2.45) is 56.7 Å². The van der Waals surface area contributed by atoms with E-state index in [0.29, 0.717) is 35.8 Å². The van der Waals surface area contributed by atoms with Gasteiger partial charge < -0.3 is 24.4 Å². The zero-order chi connectivity index (χ0) is 37.6. The maximum absolute atomic E-state index is 14.3. The van der Waals surface area contributed by atoms with E-state index in [9.17, 15) is 19.8 Å². The van der Waals surface area contributed by atoms with E-state index >= 15 is 0 Å². The average molecular weight is 713 g/mol. The van der Waals surface area contributed by atoms with Gasteiger partial charge in [-0.25, -0.2) is 9.59 Å². The van der Waals surface area contributed by atoms with Gasteiger partial charge in [0, 0.05) is 11.3 Å². The molecule has 5 fully saturated rings. The second kappa shape index (κ2) is 12.6. The summed E-state index contributed by atoms with van der Waals surface area (Å²) < 4.78 is 19.1. The van der Waals surface area contributed by atoms with Gasteiger partial charge in [-0.05, 0) is 134 Å². The molecule has 2 aromatic carbocycles. The van der Waals surface area contributed by atoms with Gasteiger partial charge in [-0.1, -0.05) is 71.9 Å². The summed E-state index contributed by atoms with van der Waals surface area (Å²) in [5, 5.41) is 21.7. The van der Waals surface area contributed by atoms with Gasteiger partial charge in [0.1, 0.15) is 12.2 Å². The molecule has 5 saturated carbocycles. The Morgan fingerprint density at radius 2 is 1.56 bits per heavy atom. The Bertz CT molecular complexity index is 1730. The van der Waals surface area contributed by atoms with Crippen molar-refractivity contribution in [1.82, 2.24) is 0 Å². The van der Waals surface area contributed by atoms with Crippen LogP contribution in [0.5, 0.6) is 11.5 Å². The van der Waals surface area contributed by atoms with Crippen LogP contribution in [0.1, 0.15) is 121 Å². The van der Waals surface area contributed by atoms with E-state index < -0.39 is 23.6 Å². The predicted molar refractivity (Wildman–Crippen MR) is 201 cm³/mol. The standard InChI is InChI=1S/C45H60O7/c1-26(2)29-17-20-42(5)25-36(52-39(48)27-13-11-10-12-14-27)45(8)30(37(29)42)24-33(51-40(49)28-15-16-31(46)32(23-28)50-9)38-43(6)21-19-35(47)41(3,4)34(43)18-22-44(38,45)7/h10-16,23,29-30,33-38,46-47H,1,17-22,24-25H2,2-9H3/t29-,30+,33+,34-,35-,36+,37-,38+,42+,43-,44+,45-/m0/s1. The number of aliphatic hydroxyl groups is 1. The van der Waals surface area contributed by atoms with Crippen molar-refractivity contribution in [1.29, 1.82) is 0 Å². The fourth-order valence-corrected chi connectivity index (χ4v) is 13.7. The third-order valence-corrected chi connectivity index (χ3v) is 16.3. The molecular weight excluding hydrogens is 652 g/mol. The Kier molecular flexibility index (Phi) is 8.99. The van der Waals surface area contributed by atoms with Gasteiger partial charge in [0.15, 0.2) is 11.5 Å². The smallest absolute Gasteiger partial charge is 0.338 e.